The Kier molecular flexibility index (Phi) is 3.03. The first-order valence-electron chi connectivity index (χ1n) is 5.45. The minimum atomic E-state index is -0.736. The van der Waals surface area contributed by atoms with E-state index in [-0.39, 0.29) is 11.4 Å². The highest BCUT2D eigenvalue weighted by Gasteiger charge is 2.22. The summed E-state index contributed by atoms with van der Waals surface area (Å²) in [5, 5.41) is 18.5. The third kappa shape index (κ3) is 2.58. The number of nitro benzene ring substituents is 1. The molecule has 0 aliphatic rings. The topological polar surface area (TPSA) is 99.9 Å². The van der Waals surface area contributed by atoms with Crippen molar-refractivity contribution in [2.75, 3.05) is 0 Å². The second-order valence-corrected chi connectivity index (χ2v) is 4.66. The van der Waals surface area contributed by atoms with E-state index in [9.17, 15) is 14.5 Å². The normalized spacial score (nSPS) is 11.6. The second-order valence-electron chi connectivity index (χ2n) is 4.66. The molecule has 1 heterocycles. The minimum absolute atomic E-state index is 0.00741. The molecule has 2 aromatic rings. The summed E-state index contributed by atoms with van der Waals surface area (Å²) in [5.41, 5.74) is 5.32. The number of aromatic nitrogens is 3. The van der Waals surface area contributed by atoms with Crippen LogP contribution < -0.4 is 5.73 Å². The predicted octanol–water partition coefficient (Wildman–Crippen LogP) is 1.51. The molecule has 2 N–H and O–H groups in total. The Morgan fingerprint density at radius 1 is 1.47 bits per heavy atom. The van der Waals surface area contributed by atoms with E-state index in [4.69, 9.17) is 5.73 Å². The molecular formula is C11H12FN5O2. The van der Waals surface area contributed by atoms with Crippen molar-refractivity contribution in [1.82, 2.24) is 15.0 Å². The smallest absolute Gasteiger partial charge is 0.295 e. The molecule has 0 saturated carbocycles. The quantitative estimate of drug-likeness (QED) is 0.669. The van der Waals surface area contributed by atoms with Gasteiger partial charge in [-0.1, -0.05) is 5.21 Å². The van der Waals surface area contributed by atoms with Crippen molar-refractivity contribution >= 4 is 5.69 Å². The van der Waals surface area contributed by atoms with E-state index in [1.54, 1.807) is 13.8 Å². The van der Waals surface area contributed by atoms with Crippen LogP contribution in [0.15, 0.2) is 24.4 Å². The van der Waals surface area contributed by atoms with Crippen LogP contribution in [0.4, 0.5) is 10.1 Å². The molecule has 0 bridgehead atoms. The Morgan fingerprint density at radius 2 is 2.16 bits per heavy atom. The number of benzene rings is 1. The number of nitrogens with zero attached hydrogens (tertiary/aromatic N) is 4. The fourth-order valence-corrected chi connectivity index (χ4v) is 1.51. The average molecular weight is 265 g/mol. The van der Waals surface area contributed by atoms with Crippen LogP contribution in [0.2, 0.25) is 0 Å². The van der Waals surface area contributed by atoms with Crippen LogP contribution in [0.25, 0.3) is 5.69 Å². The van der Waals surface area contributed by atoms with E-state index in [1.165, 1.54) is 6.20 Å². The summed E-state index contributed by atoms with van der Waals surface area (Å²) in [4.78, 5) is 10.3. The lowest BCUT2D eigenvalue weighted by molar-refractivity contribution is -0.384. The zero-order valence-electron chi connectivity index (χ0n) is 10.4. The monoisotopic (exact) mass is 265 g/mol. The maximum absolute atomic E-state index is 13.2. The van der Waals surface area contributed by atoms with E-state index in [0.29, 0.717) is 5.69 Å². The molecule has 0 aliphatic heterocycles. The molecular weight excluding hydrogens is 253 g/mol. The molecule has 0 radical (unpaired) electrons. The van der Waals surface area contributed by atoms with E-state index in [0.717, 1.165) is 22.9 Å². The van der Waals surface area contributed by atoms with Gasteiger partial charge in [-0.3, -0.25) is 10.1 Å². The Bertz CT molecular complexity index is 632. The van der Waals surface area contributed by atoms with Crippen LogP contribution in [0, 0.1) is 15.9 Å². The number of hydrogen-bond acceptors (Lipinski definition) is 5. The molecule has 1 aromatic carbocycles. The molecule has 0 saturated heterocycles. The van der Waals surface area contributed by atoms with Crippen LogP contribution in [0.5, 0.6) is 0 Å². The van der Waals surface area contributed by atoms with Gasteiger partial charge in [-0.15, -0.1) is 5.10 Å². The van der Waals surface area contributed by atoms with E-state index in [1.807, 2.05) is 0 Å². The van der Waals surface area contributed by atoms with Crippen molar-refractivity contribution in [2.24, 2.45) is 5.73 Å². The first-order valence-corrected chi connectivity index (χ1v) is 5.45. The Balaban J connectivity index is 2.55. The summed E-state index contributed by atoms with van der Waals surface area (Å²) < 4.78 is 14.4. The molecule has 0 amide bonds. The van der Waals surface area contributed by atoms with Crippen molar-refractivity contribution in [3.63, 3.8) is 0 Å². The van der Waals surface area contributed by atoms with E-state index in [2.05, 4.69) is 10.3 Å². The molecule has 7 nitrogen and oxygen atoms in total. The van der Waals surface area contributed by atoms with Gasteiger partial charge < -0.3 is 5.73 Å². The van der Waals surface area contributed by atoms with Gasteiger partial charge in [0.2, 0.25) is 0 Å². The standard InChI is InChI=1S/C11H12FN5O2/c1-11(2,13)10-6-16(15-14-10)9-5-7(12)3-4-8(9)17(18)19/h3-6H,13H2,1-2H3. The van der Waals surface area contributed by atoms with Gasteiger partial charge in [0.1, 0.15) is 17.2 Å². The Labute approximate surface area is 108 Å². The molecule has 100 valence electrons. The van der Waals surface area contributed by atoms with Gasteiger partial charge in [0.15, 0.2) is 0 Å². The van der Waals surface area contributed by atoms with E-state index >= 15 is 0 Å². The summed E-state index contributed by atoms with van der Waals surface area (Å²) in [6, 6.07) is 3.13. The maximum atomic E-state index is 13.2. The van der Waals surface area contributed by atoms with Gasteiger partial charge >= 0.3 is 0 Å². The van der Waals surface area contributed by atoms with Crippen LogP contribution in [0.1, 0.15) is 19.5 Å². The van der Waals surface area contributed by atoms with Crippen molar-refractivity contribution in [1.29, 1.82) is 0 Å². The van der Waals surface area contributed by atoms with Crippen molar-refractivity contribution in [3.8, 4) is 5.69 Å². The Hall–Kier alpha value is -2.35. The van der Waals surface area contributed by atoms with Crippen molar-refractivity contribution in [2.45, 2.75) is 19.4 Å². The summed E-state index contributed by atoms with van der Waals surface area (Å²) >= 11 is 0. The Morgan fingerprint density at radius 3 is 2.68 bits per heavy atom. The van der Waals surface area contributed by atoms with Gasteiger partial charge in [-0.05, 0) is 19.9 Å². The third-order valence-corrected chi connectivity index (χ3v) is 2.53. The summed E-state index contributed by atoms with van der Waals surface area (Å²) in [7, 11) is 0. The first kappa shape index (κ1) is 13.1. The lowest BCUT2D eigenvalue weighted by Crippen LogP contribution is -2.29. The van der Waals surface area contributed by atoms with Gasteiger partial charge in [0, 0.05) is 12.1 Å². The average Bonchev–Trinajstić information content (AvgIpc) is 2.77. The van der Waals surface area contributed by atoms with Crippen molar-refractivity contribution in [3.05, 3.63) is 46.0 Å². The molecule has 2 rings (SSSR count). The molecule has 19 heavy (non-hydrogen) atoms. The fourth-order valence-electron chi connectivity index (χ4n) is 1.51. The SMILES string of the molecule is CC(C)(N)c1cn(-c2cc(F)ccc2[N+](=O)[O-])nn1. The number of rotatable bonds is 3. The minimum Gasteiger partial charge on any atom is -0.320 e. The third-order valence-electron chi connectivity index (χ3n) is 2.53. The van der Waals surface area contributed by atoms with Crippen LogP contribution in [-0.2, 0) is 5.54 Å². The lowest BCUT2D eigenvalue weighted by atomic mass is 10.0. The predicted molar refractivity (Wildman–Crippen MR) is 65.2 cm³/mol. The lowest BCUT2D eigenvalue weighted by Gasteiger charge is -2.13. The summed E-state index contributed by atoms with van der Waals surface area (Å²) in [6.45, 7) is 3.45. The summed E-state index contributed by atoms with van der Waals surface area (Å²) in [6.07, 6.45) is 1.45. The maximum Gasteiger partial charge on any atom is 0.295 e. The van der Waals surface area contributed by atoms with E-state index < -0.39 is 16.3 Å². The second kappa shape index (κ2) is 4.39. The zero-order chi connectivity index (χ0) is 14.2. The van der Waals surface area contributed by atoms with Crippen LogP contribution in [-0.4, -0.2) is 19.9 Å². The largest absolute Gasteiger partial charge is 0.320 e. The highest BCUT2D eigenvalue weighted by molar-refractivity contribution is 5.51. The molecule has 0 spiro atoms. The molecule has 0 unspecified atom stereocenters. The van der Waals surface area contributed by atoms with Gasteiger partial charge in [0.25, 0.3) is 5.69 Å². The number of nitrogens with two attached hydrogens (primary N) is 1. The highest BCUT2D eigenvalue weighted by atomic mass is 19.1. The van der Waals surface area contributed by atoms with Crippen LogP contribution in [0.3, 0.4) is 0 Å². The highest BCUT2D eigenvalue weighted by Crippen LogP contribution is 2.24. The number of halogens is 1. The molecule has 8 heteroatoms. The molecule has 0 fully saturated rings. The zero-order valence-corrected chi connectivity index (χ0v) is 10.4. The number of nitro groups is 1. The van der Waals surface area contributed by atoms with Crippen LogP contribution >= 0.6 is 0 Å². The summed E-state index contributed by atoms with van der Waals surface area (Å²) in [5.74, 6) is -0.593. The van der Waals surface area contributed by atoms with Gasteiger partial charge in [-0.25, -0.2) is 9.07 Å². The first-order chi connectivity index (χ1) is 8.79. The molecule has 0 aliphatic carbocycles. The number of hydrogen-bond donors (Lipinski definition) is 1. The van der Waals surface area contributed by atoms with Crippen molar-refractivity contribution < 1.29 is 9.31 Å². The molecule has 1 aromatic heterocycles. The van der Waals surface area contributed by atoms with Gasteiger partial charge in [-0.2, -0.15) is 0 Å². The van der Waals surface area contributed by atoms with Gasteiger partial charge in [0.05, 0.1) is 16.7 Å². The molecule has 0 atom stereocenters. The fraction of sp³-hybridized carbons (Fsp3) is 0.273.